The van der Waals surface area contributed by atoms with Gasteiger partial charge in [-0.25, -0.2) is 14.6 Å². The Labute approximate surface area is 194 Å². The molecule has 1 aromatic carbocycles. The number of carbonyl (C=O) groups is 1. The van der Waals surface area contributed by atoms with Crippen LogP contribution in [0.5, 0.6) is 0 Å². The number of alkyl halides is 1. The normalized spacial score (nSPS) is 46.3. The quantitative estimate of drug-likeness (QED) is 0.337. The zero-order chi connectivity index (χ0) is 22.0. The third kappa shape index (κ3) is 3.27. The fraction of sp³-hybridized carbons (Fsp3) is 0.682. The minimum absolute atomic E-state index is 0.0102. The predicted molar refractivity (Wildman–Crippen MR) is 117 cm³/mol. The van der Waals surface area contributed by atoms with Crippen molar-refractivity contribution in [2.75, 3.05) is 0 Å². The summed E-state index contributed by atoms with van der Waals surface area (Å²) in [6.07, 6.45) is 2.10. The van der Waals surface area contributed by atoms with Gasteiger partial charge in [0.2, 0.25) is 5.79 Å². The number of nitrogens with two attached hydrogens (primary N) is 1. The molecule has 8 atom stereocenters. The van der Waals surface area contributed by atoms with Crippen LogP contribution in [0.15, 0.2) is 24.3 Å². The van der Waals surface area contributed by atoms with Crippen molar-refractivity contribution < 1.29 is 33.9 Å². The highest BCUT2D eigenvalue weighted by Crippen LogP contribution is 2.61. The molecule has 31 heavy (non-hydrogen) atoms. The maximum absolute atomic E-state index is 11.1. The van der Waals surface area contributed by atoms with E-state index < -0.39 is 35.5 Å². The van der Waals surface area contributed by atoms with E-state index in [1.54, 1.807) is 24.3 Å². The first-order valence-electron chi connectivity index (χ1n) is 10.8. The molecule has 0 aromatic heterocycles. The van der Waals surface area contributed by atoms with E-state index in [-0.39, 0.29) is 21.3 Å². The molecule has 5 aliphatic rings. The van der Waals surface area contributed by atoms with Crippen LogP contribution < -0.4 is 5.73 Å². The van der Waals surface area contributed by atoms with Gasteiger partial charge in [0, 0.05) is 22.2 Å². The molecule has 6 rings (SSSR count). The molecule has 4 heterocycles. The number of benzene rings is 1. The lowest BCUT2D eigenvalue weighted by atomic mass is 9.57. The SMILES string of the molecule is CC1C(OCc2ccc(C(=O)O)cc2)OC2OC3(C)CC[C@@]4(N)C(I)CCC1C24OO3. The Hall–Kier alpha value is -0.820. The zero-order valence-corrected chi connectivity index (χ0v) is 19.7. The topological polar surface area (TPSA) is 109 Å². The number of rotatable bonds is 4. The van der Waals surface area contributed by atoms with Crippen molar-refractivity contribution in [3.05, 3.63) is 35.4 Å². The Morgan fingerprint density at radius 2 is 2.00 bits per heavy atom. The highest BCUT2D eigenvalue weighted by molar-refractivity contribution is 14.1. The van der Waals surface area contributed by atoms with Gasteiger partial charge in [0.05, 0.1) is 17.7 Å². The Kier molecular flexibility index (Phi) is 5.40. The van der Waals surface area contributed by atoms with E-state index in [2.05, 4.69) is 29.5 Å². The van der Waals surface area contributed by atoms with Crippen LogP contribution in [0, 0.1) is 11.8 Å². The largest absolute Gasteiger partial charge is 0.478 e. The number of fused-ring (bicyclic) bond motifs is 2. The van der Waals surface area contributed by atoms with E-state index in [4.69, 9.17) is 34.8 Å². The summed E-state index contributed by atoms with van der Waals surface area (Å²) in [6, 6.07) is 6.66. The summed E-state index contributed by atoms with van der Waals surface area (Å²) in [5.41, 5.74) is 6.70. The third-order valence-electron chi connectivity index (χ3n) is 7.56. The van der Waals surface area contributed by atoms with E-state index in [0.29, 0.717) is 13.0 Å². The van der Waals surface area contributed by atoms with Gasteiger partial charge in [0.25, 0.3) is 0 Å². The van der Waals surface area contributed by atoms with Crippen LogP contribution in [-0.4, -0.2) is 44.5 Å². The van der Waals surface area contributed by atoms with Crippen molar-refractivity contribution in [2.45, 2.75) is 79.6 Å². The van der Waals surface area contributed by atoms with Crippen LogP contribution in [0.25, 0.3) is 0 Å². The zero-order valence-electron chi connectivity index (χ0n) is 17.6. The molecule has 9 heteroatoms. The van der Waals surface area contributed by atoms with E-state index in [1.165, 1.54) is 0 Å². The summed E-state index contributed by atoms with van der Waals surface area (Å²) >= 11 is 2.44. The molecule has 3 N–H and O–H groups in total. The summed E-state index contributed by atoms with van der Waals surface area (Å²) in [5.74, 6) is -1.78. The summed E-state index contributed by atoms with van der Waals surface area (Å²) < 4.78 is 19.1. The molecular formula is C22H28INO7. The molecule has 1 saturated carbocycles. The molecule has 1 aromatic rings. The first kappa shape index (κ1) is 22.0. The number of carboxylic acid groups (broad SMARTS) is 1. The Balaban J connectivity index is 1.40. The van der Waals surface area contributed by atoms with Crippen molar-refractivity contribution in [1.82, 2.24) is 0 Å². The van der Waals surface area contributed by atoms with Crippen molar-refractivity contribution in [2.24, 2.45) is 17.6 Å². The average molecular weight is 545 g/mol. The molecule has 7 unspecified atom stereocenters. The number of aromatic carboxylic acids is 1. The summed E-state index contributed by atoms with van der Waals surface area (Å²) in [4.78, 5) is 23.0. The Bertz CT molecular complexity index is 868. The van der Waals surface area contributed by atoms with Crippen molar-refractivity contribution in [1.29, 1.82) is 0 Å². The molecule has 4 saturated heterocycles. The highest BCUT2D eigenvalue weighted by Gasteiger charge is 2.75. The fourth-order valence-electron chi connectivity index (χ4n) is 5.67. The summed E-state index contributed by atoms with van der Waals surface area (Å²) in [7, 11) is 0. The molecule has 170 valence electrons. The van der Waals surface area contributed by atoms with Gasteiger partial charge in [0.15, 0.2) is 18.2 Å². The smallest absolute Gasteiger partial charge is 0.335 e. The highest BCUT2D eigenvalue weighted by atomic mass is 127. The standard InChI is InChI=1S/C22H28INO7/c1-12-15-7-8-16(23)21(24)10-9-20(2)29-19(22(15,21)31-30-20)28-18(12)27-11-13-3-5-14(6-4-13)17(25)26/h3-6,12,15-16,18-19H,7-11,24H2,1-2H3,(H,25,26)/t12?,15?,16?,18?,19?,20?,21-,22?/m1/s1. The molecule has 0 amide bonds. The third-order valence-corrected chi connectivity index (χ3v) is 9.29. The number of halogens is 1. The van der Waals surface area contributed by atoms with Gasteiger partial charge >= 0.3 is 5.97 Å². The van der Waals surface area contributed by atoms with Crippen molar-refractivity contribution in [3.8, 4) is 0 Å². The van der Waals surface area contributed by atoms with Crippen molar-refractivity contribution >= 4 is 28.6 Å². The Morgan fingerprint density at radius 1 is 1.26 bits per heavy atom. The number of ether oxygens (including phenoxy) is 3. The maximum atomic E-state index is 11.1. The van der Waals surface area contributed by atoms with Gasteiger partial charge in [-0.15, -0.1) is 0 Å². The monoisotopic (exact) mass is 545 g/mol. The van der Waals surface area contributed by atoms with Crippen LogP contribution in [0.1, 0.15) is 55.5 Å². The fourth-order valence-corrected chi connectivity index (χ4v) is 6.83. The van der Waals surface area contributed by atoms with Gasteiger partial charge in [-0.3, -0.25) is 0 Å². The molecule has 1 aliphatic carbocycles. The van der Waals surface area contributed by atoms with Gasteiger partial charge in [-0.1, -0.05) is 41.6 Å². The Morgan fingerprint density at radius 3 is 2.71 bits per heavy atom. The van der Waals surface area contributed by atoms with Crippen LogP contribution >= 0.6 is 22.6 Å². The lowest BCUT2D eigenvalue weighted by Gasteiger charge is -2.63. The molecule has 0 radical (unpaired) electrons. The molecule has 2 bridgehead atoms. The average Bonchev–Trinajstić information content (AvgIpc) is 2.93. The minimum atomic E-state index is -0.950. The second-order valence-corrected chi connectivity index (χ2v) is 10.9. The first-order chi connectivity index (χ1) is 14.7. The maximum Gasteiger partial charge on any atom is 0.335 e. The molecular weight excluding hydrogens is 517 g/mol. The van der Waals surface area contributed by atoms with E-state index in [1.807, 2.05) is 6.92 Å². The lowest BCUT2D eigenvalue weighted by Crippen LogP contribution is -2.80. The predicted octanol–water partition coefficient (Wildman–Crippen LogP) is 3.36. The van der Waals surface area contributed by atoms with Crippen LogP contribution in [0.4, 0.5) is 0 Å². The summed E-state index contributed by atoms with van der Waals surface area (Å²) in [5, 5.41) is 9.07. The number of carboxylic acids is 1. The molecule has 8 nitrogen and oxygen atoms in total. The van der Waals surface area contributed by atoms with Gasteiger partial charge in [0.1, 0.15) is 0 Å². The molecule has 1 spiro atoms. The van der Waals surface area contributed by atoms with E-state index in [9.17, 15) is 4.79 Å². The lowest BCUT2D eigenvalue weighted by molar-refractivity contribution is -0.576. The van der Waals surface area contributed by atoms with Crippen molar-refractivity contribution in [3.63, 3.8) is 0 Å². The second-order valence-electron chi connectivity index (χ2n) is 9.41. The van der Waals surface area contributed by atoms with Gasteiger partial charge < -0.3 is 25.1 Å². The summed E-state index contributed by atoms with van der Waals surface area (Å²) in [6.45, 7) is 4.27. The van der Waals surface area contributed by atoms with E-state index >= 15 is 0 Å². The van der Waals surface area contributed by atoms with Crippen LogP contribution in [0.3, 0.4) is 0 Å². The van der Waals surface area contributed by atoms with E-state index in [0.717, 1.165) is 24.8 Å². The van der Waals surface area contributed by atoms with Gasteiger partial charge in [-0.05, 0) is 43.9 Å². The number of hydrogen-bond acceptors (Lipinski definition) is 7. The first-order valence-corrected chi connectivity index (χ1v) is 12.0. The minimum Gasteiger partial charge on any atom is -0.478 e. The second kappa shape index (κ2) is 7.61. The van der Waals surface area contributed by atoms with Crippen LogP contribution in [0.2, 0.25) is 0 Å². The number of hydrogen-bond donors (Lipinski definition) is 2. The molecule has 4 aliphatic heterocycles. The van der Waals surface area contributed by atoms with Crippen LogP contribution in [-0.2, 0) is 30.6 Å². The molecule has 5 fully saturated rings. The van der Waals surface area contributed by atoms with Gasteiger partial charge in [-0.2, -0.15) is 0 Å².